The van der Waals surface area contributed by atoms with Gasteiger partial charge < -0.3 is 14.8 Å². The standard InChI is InChI=1S/C13H15NO3/c1-9(2)8-16-11-5-3-10(4-6-11)12-7-14-13(15)17-12/h3-6,12H,1,7-8H2,2H3,(H,14,15). The van der Waals surface area contributed by atoms with E-state index in [1.54, 1.807) is 0 Å². The third-order valence-electron chi connectivity index (χ3n) is 2.42. The van der Waals surface area contributed by atoms with Gasteiger partial charge in [0.2, 0.25) is 0 Å². The first kappa shape index (κ1) is 11.5. The molecule has 1 aromatic rings. The number of carbonyl (C=O) groups is 1. The van der Waals surface area contributed by atoms with Crippen LogP contribution in [0.4, 0.5) is 4.79 Å². The molecule has 1 aromatic carbocycles. The average molecular weight is 233 g/mol. The highest BCUT2D eigenvalue weighted by Gasteiger charge is 2.23. The van der Waals surface area contributed by atoms with Gasteiger partial charge in [-0.25, -0.2) is 4.79 Å². The van der Waals surface area contributed by atoms with Gasteiger partial charge in [-0.05, 0) is 30.2 Å². The molecule has 0 aromatic heterocycles. The van der Waals surface area contributed by atoms with Gasteiger partial charge in [0.15, 0.2) is 0 Å². The van der Waals surface area contributed by atoms with E-state index >= 15 is 0 Å². The number of hydrogen-bond donors (Lipinski definition) is 1. The Bertz CT molecular complexity index is 425. The van der Waals surface area contributed by atoms with Crippen molar-refractivity contribution < 1.29 is 14.3 Å². The van der Waals surface area contributed by atoms with Crippen LogP contribution in [-0.2, 0) is 4.74 Å². The minimum Gasteiger partial charge on any atom is -0.489 e. The Hall–Kier alpha value is -1.97. The van der Waals surface area contributed by atoms with Gasteiger partial charge in [-0.3, -0.25) is 0 Å². The van der Waals surface area contributed by atoms with E-state index in [4.69, 9.17) is 9.47 Å². The Morgan fingerprint density at radius 1 is 1.53 bits per heavy atom. The fourth-order valence-electron chi connectivity index (χ4n) is 1.56. The molecule has 1 heterocycles. The van der Waals surface area contributed by atoms with Crippen LogP contribution in [0.15, 0.2) is 36.4 Å². The molecule has 1 aliphatic rings. The zero-order valence-corrected chi connectivity index (χ0v) is 9.73. The zero-order chi connectivity index (χ0) is 12.3. The third-order valence-corrected chi connectivity index (χ3v) is 2.42. The molecule has 1 saturated heterocycles. The third kappa shape index (κ3) is 3.00. The largest absolute Gasteiger partial charge is 0.489 e. The van der Waals surface area contributed by atoms with Crippen molar-refractivity contribution in [2.75, 3.05) is 13.2 Å². The predicted molar refractivity (Wildman–Crippen MR) is 64.0 cm³/mol. The lowest BCUT2D eigenvalue weighted by molar-refractivity contribution is 0.141. The molecule has 0 radical (unpaired) electrons. The van der Waals surface area contributed by atoms with Crippen LogP contribution >= 0.6 is 0 Å². The van der Waals surface area contributed by atoms with Crippen LogP contribution in [0, 0.1) is 0 Å². The Balaban J connectivity index is 1.98. The predicted octanol–water partition coefficient (Wildman–Crippen LogP) is 2.42. The lowest BCUT2D eigenvalue weighted by Gasteiger charge is -2.10. The summed E-state index contributed by atoms with van der Waals surface area (Å²) in [5.74, 6) is 0.786. The van der Waals surface area contributed by atoms with E-state index in [0.717, 1.165) is 16.9 Å². The van der Waals surface area contributed by atoms with Crippen LogP contribution in [0.25, 0.3) is 0 Å². The van der Waals surface area contributed by atoms with E-state index in [-0.39, 0.29) is 12.2 Å². The Morgan fingerprint density at radius 2 is 2.24 bits per heavy atom. The number of benzene rings is 1. The molecular formula is C13H15NO3. The van der Waals surface area contributed by atoms with Gasteiger partial charge in [0.25, 0.3) is 0 Å². The number of nitrogens with one attached hydrogen (secondary N) is 1. The molecule has 4 heteroatoms. The Kier molecular flexibility index (Phi) is 3.32. The maximum Gasteiger partial charge on any atom is 0.407 e. The normalized spacial score (nSPS) is 18.4. The first-order chi connectivity index (χ1) is 8.15. The van der Waals surface area contributed by atoms with Gasteiger partial charge in [0.1, 0.15) is 18.5 Å². The van der Waals surface area contributed by atoms with E-state index in [9.17, 15) is 4.79 Å². The summed E-state index contributed by atoms with van der Waals surface area (Å²) in [5.41, 5.74) is 1.94. The lowest BCUT2D eigenvalue weighted by atomic mass is 10.1. The Morgan fingerprint density at radius 3 is 2.76 bits per heavy atom. The molecule has 2 rings (SSSR count). The molecule has 1 fully saturated rings. The second kappa shape index (κ2) is 4.91. The molecule has 1 N–H and O–H groups in total. The number of amides is 1. The van der Waals surface area contributed by atoms with Crippen LogP contribution in [0.3, 0.4) is 0 Å². The number of ether oxygens (including phenoxy) is 2. The first-order valence-electron chi connectivity index (χ1n) is 5.47. The van der Waals surface area contributed by atoms with Crippen LogP contribution in [0.1, 0.15) is 18.6 Å². The number of alkyl carbamates (subject to hydrolysis) is 1. The summed E-state index contributed by atoms with van der Waals surface area (Å²) in [6, 6.07) is 7.53. The number of carbonyl (C=O) groups excluding carboxylic acids is 1. The van der Waals surface area contributed by atoms with Crippen LogP contribution in [0.2, 0.25) is 0 Å². The summed E-state index contributed by atoms with van der Waals surface area (Å²) in [6.07, 6.45) is -0.560. The quantitative estimate of drug-likeness (QED) is 0.812. The highest BCUT2D eigenvalue weighted by Crippen LogP contribution is 2.23. The molecule has 1 amide bonds. The van der Waals surface area contributed by atoms with E-state index < -0.39 is 0 Å². The number of cyclic esters (lactones) is 1. The van der Waals surface area contributed by atoms with Gasteiger partial charge in [-0.2, -0.15) is 0 Å². The topological polar surface area (TPSA) is 47.6 Å². The molecule has 0 saturated carbocycles. The average Bonchev–Trinajstić information content (AvgIpc) is 2.74. The molecule has 17 heavy (non-hydrogen) atoms. The molecule has 0 bridgehead atoms. The first-order valence-corrected chi connectivity index (χ1v) is 5.47. The summed E-state index contributed by atoms with van der Waals surface area (Å²) in [6.45, 7) is 6.71. The SMILES string of the molecule is C=C(C)COc1ccc(C2CNC(=O)O2)cc1. The monoisotopic (exact) mass is 233 g/mol. The smallest absolute Gasteiger partial charge is 0.407 e. The van der Waals surface area contributed by atoms with E-state index in [2.05, 4.69) is 11.9 Å². The van der Waals surface area contributed by atoms with Crippen molar-refractivity contribution in [2.45, 2.75) is 13.0 Å². The van der Waals surface area contributed by atoms with Crippen molar-refractivity contribution in [1.29, 1.82) is 0 Å². The molecule has 90 valence electrons. The molecule has 0 spiro atoms. The summed E-state index contributed by atoms with van der Waals surface area (Å²) in [7, 11) is 0. The summed E-state index contributed by atoms with van der Waals surface area (Å²) < 4.78 is 10.6. The fraction of sp³-hybridized carbons (Fsp3) is 0.308. The fourth-order valence-corrected chi connectivity index (χ4v) is 1.56. The second-order valence-corrected chi connectivity index (χ2v) is 4.09. The molecule has 1 atom stereocenters. The lowest BCUT2D eigenvalue weighted by Crippen LogP contribution is -2.12. The van der Waals surface area contributed by atoms with E-state index in [1.807, 2.05) is 31.2 Å². The van der Waals surface area contributed by atoms with Crippen molar-refractivity contribution in [3.8, 4) is 5.75 Å². The van der Waals surface area contributed by atoms with Crippen molar-refractivity contribution in [3.63, 3.8) is 0 Å². The minimum atomic E-state index is -0.363. The second-order valence-electron chi connectivity index (χ2n) is 4.09. The summed E-state index contributed by atoms with van der Waals surface area (Å²) in [5, 5.41) is 2.62. The minimum absolute atomic E-state index is 0.197. The molecule has 1 unspecified atom stereocenters. The van der Waals surface area contributed by atoms with E-state index in [1.165, 1.54) is 0 Å². The highest BCUT2D eigenvalue weighted by molar-refractivity contribution is 5.69. The van der Waals surface area contributed by atoms with Crippen LogP contribution in [0.5, 0.6) is 5.75 Å². The molecule has 4 nitrogen and oxygen atoms in total. The van der Waals surface area contributed by atoms with Gasteiger partial charge in [0, 0.05) is 0 Å². The molecule has 0 aliphatic carbocycles. The van der Waals surface area contributed by atoms with Crippen LogP contribution < -0.4 is 10.1 Å². The Labute approximate surface area is 100 Å². The zero-order valence-electron chi connectivity index (χ0n) is 9.73. The summed E-state index contributed by atoms with van der Waals surface area (Å²) in [4.78, 5) is 10.9. The van der Waals surface area contributed by atoms with Crippen LogP contribution in [-0.4, -0.2) is 19.2 Å². The van der Waals surface area contributed by atoms with Crippen molar-refractivity contribution in [2.24, 2.45) is 0 Å². The van der Waals surface area contributed by atoms with Crippen molar-refractivity contribution >= 4 is 6.09 Å². The van der Waals surface area contributed by atoms with Gasteiger partial charge in [-0.1, -0.05) is 18.7 Å². The number of rotatable bonds is 4. The van der Waals surface area contributed by atoms with Gasteiger partial charge in [0.05, 0.1) is 6.54 Å². The van der Waals surface area contributed by atoms with Gasteiger partial charge in [-0.15, -0.1) is 0 Å². The van der Waals surface area contributed by atoms with Gasteiger partial charge >= 0.3 is 6.09 Å². The molecular weight excluding hydrogens is 218 g/mol. The van der Waals surface area contributed by atoms with Crippen molar-refractivity contribution in [3.05, 3.63) is 42.0 Å². The van der Waals surface area contributed by atoms with Crippen molar-refractivity contribution in [1.82, 2.24) is 5.32 Å². The maximum atomic E-state index is 10.9. The highest BCUT2D eigenvalue weighted by atomic mass is 16.6. The molecule has 1 aliphatic heterocycles. The van der Waals surface area contributed by atoms with E-state index in [0.29, 0.717) is 13.2 Å². The number of hydrogen-bond acceptors (Lipinski definition) is 3. The summed E-state index contributed by atoms with van der Waals surface area (Å²) >= 11 is 0. The maximum absolute atomic E-state index is 10.9.